The molecule has 5 N–H and O–H groups in total. The van der Waals surface area contributed by atoms with E-state index in [1.165, 1.54) is 14.0 Å². The van der Waals surface area contributed by atoms with Crippen LogP contribution in [0.3, 0.4) is 0 Å². The fourth-order valence-corrected chi connectivity index (χ4v) is 8.93. The third-order valence-electron chi connectivity index (χ3n) is 12.6. The van der Waals surface area contributed by atoms with E-state index in [0.29, 0.717) is 18.7 Å². The summed E-state index contributed by atoms with van der Waals surface area (Å²) in [7, 11) is 6.76. The van der Waals surface area contributed by atoms with E-state index in [0.717, 1.165) is 0 Å². The van der Waals surface area contributed by atoms with Crippen LogP contribution in [0.5, 0.6) is 0 Å². The normalized spacial score (nSPS) is 45.8. The summed E-state index contributed by atoms with van der Waals surface area (Å²) in [4.78, 5) is 21.8. The minimum Gasteiger partial charge on any atom is -0.459 e. The number of carbonyl (C=O) groups is 1. The molecule has 10 unspecified atom stereocenters. The van der Waals surface area contributed by atoms with Gasteiger partial charge in [-0.25, -0.2) is 0 Å². The van der Waals surface area contributed by atoms with Gasteiger partial charge in [0.1, 0.15) is 23.9 Å². The Morgan fingerprint density at radius 3 is 2.14 bits per heavy atom. The summed E-state index contributed by atoms with van der Waals surface area (Å²) in [6, 6.07) is -0.328. The first-order valence-corrected chi connectivity index (χ1v) is 20.8. The summed E-state index contributed by atoms with van der Waals surface area (Å²) in [5, 5.41) is 63.6. The number of rotatable bonds is 13. The van der Waals surface area contributed by atoms with Crippen LogP contribution >= 0.6 is 0 Å². The largest absolute Gasteiger partial charge is 0.459 e. The van der Waals surface area contributed by atoms with Gasteiger partial charge in [-0.15, -0.1) is 0 Å². The predicted octanol–water partition coefficient (Wildman–Crippen LogP) is 2.21. The Morgan fingerprint density at radius 1 is 0.897 bits per heavy atom. The fraction of sp³-hybridized carbons (Fsp3) is 0.951. The Hall–Kier alpha value is -1.58. The van der Waals surface area contributed by atoms with Crippen molar-refractivity contribution in [2.75, 3.05) is 48.3 Å². The van der Waals surface area contributed by atoms with Crippen LogP contribution in [-0.4, -0.2) is 175 Å². The van der Waals surface area contributed by atoms with Crippen molar-refractivity contribution in [3.8, 4) is 0 Å². The number of esters is 1. The van der Waals surface area contributed by atoms with Crippen LogP contribution in [0.4, 0.5) is 0 Å². The van der Waals surface area contributed by atoms with Gasteiger partial charge in [0.2, 0.25) is 6.79 Å². The number of aliphatic hydroxyl groups is 5. The van der Waals surface area contributed by atoms with Crippen LogP contribution < -0.4 is 0 Å². The predicted molar refractivity (Wildman–Crippen MR) is 212 cm³/mol. The van der Waals surface area contributed by atoms with E-state index in [9.17, 15) is 30.3 Å². The number of methoxy groups -OCH3 is 2. The van der Waals surface area contributed by atoms with Crippen LogP contribution in [0.15, 0.2) is 5.16 Å². The lowest BCUT2D eigenvalue weighted by atomic mass is 9.73. The third-order valence-corrected chi connectivity index (χ3v) is 12.6. The number of nitrogens with zero attached hydrogens (tertiary/aromatic N) is 2. The monoisotopic (exact) mass is 837 g/mol. The number of cyclic esters (lactones) is 1. The molecule has 3 saturated heterocycles. The minimum atomic E-state index is -1.97. The Morgan fingerprint density at radius 2 is 1.55 bits per heavy atom. The Bertz CT molecular complexity index is 1300. The first-order valence-electron chi connectivity index (χ1n) is 20.8. The lowest BCUT2D eigenvalue weighted by Gasteiger charge is -2.49. The van der Waals surface area contributed by atoms with Crippen molar-refractivity contribution in [1.29, 1.82) is 0 Å². The van der Waals surface area contributed by atoms with E-state index < -0.39 is 102 Å². The molecule has 3 rings (SSSR count). The zero-order valence-corrected chi connectivity index (χ0v) is 37.3. The second-order valence-corrected chi connectivity index (χ2v) is 17.7. The van der Waals surface area contributed by atoms with Crippen molar-refractivity contribution in [2.45, 2.75) is 179 Å². The second kappa shape index (κ2) is 21.5. The van der Waals surface area contributed by atoms with Crippen molar-refractivity contribution < 1.29 is 73.1 Å². The molecular weight excluding hydrogens is 760 g/mol. The van der Waals surface area contributed by atoms with Gasteiger partial charge in [0, 0.05) is 44.4 Å². The summed E-state index contributed by atoms with van der Waals surface area (Å²) in [5.41, 5.74) is -4.49. The van der Waals surface area contributed by atoms with Crippen LogP contribution in [0.1, 0.15) is 94.9 Å². The van der Waals surface area contributed by atoms with E-state index >= 15 is 0 Å². The average molecular weight is 837 g/mol. The van der Waals surface area contributed by atoms with Gasteiger partial charge in [-0.2, -0.15) is 0 Å². The number of aliphatic hydroxyl groups excluding tert-OH is 3. The zero-order valence-electron chi connectivity index (χ0n) is 37.3. The Balaban J connectivity index is 2.22. The molecule has 340 valence electrons. The first-order chi connectivity index (χ1) is 27.0. The van der Waals surface area contributed by atoms with Crippen molar-refractivity contribution in [3.05, 3.63) is 0 Å². The molecule has 3 fully saturated rings. The lowest BCUT2D eigenvalue weighted by Crippen LogP contribution is -2.61. The van der Waals surface area contributed by atoms with E-state index in [1.807, 2.05) is 32.8 Å². The summed E-state index contributed by atoms with van der Waals surface area (Å²) in [5.74, 6) is -4.14. The number of likely N-dealkylation sites (N-methyl/N-ethyl adjacent to an activating group) is 1. The van der Waals surface area contributed by atoms with E-state index in [1.54, 1.807) is 55.6 Å². The molecule has 18 atom stereocenters. The molecule has 3 aliphatic rings. The average Bonchev–Trinajstić information content (AvgIpc) is 3.15. The number of oxime groups is 1. The molecule has 0 spiro atoms. The molecule has 17 heteroatoms. The highest BCUT2D eigenvalue weighted by Crippen LogP contribution is 2.41. The standard InChI is InChI=1S/C41H76N2O15/c1-15-29-41(10,49)34(45)24(4)31(42-53-21-52-17-16-50-13)22(2)19-39(8,48)36(58-38-32(44)28(43(11)12)18-23(3)54-38)25(5)33(26(6)37(47)56-29)57-30-20-40(9,51-14)35(46)27(7)55-30/h22-30,32-36,38,44-46,48-49H,15-21H2,1-14H3/b42-31+/t22?,23?,24-,25?,26?,27?,28?,29?,30-,32?,33-,34?,35?,36+,38-,39+,40+,41+/m0/s1. The van der Waals surface area contributed by atoms with Crippen molar-refractivity contribution in [2.24, 2.45) is 28.8 Å². The van der Waals surface area contributed by atoms with Crippen LogP contribution in [0.2, 0.25) is 0 Å². The van der Waals surface area contributed by atoms with Crippen molar-refractivity contribution in [1.82, 2.24) is 4.90 Å². The fourth-order valence-electron chi connectivity index (χ4n) is 8.93. The van der Waals surface area contributed by atoms with Gasteiger partial charge in [0.05, 0.1) is 66.6 Å². The molecule has 0 aliphatic carbocycles. The topological polar surface area (TPSA) is 217 Å². The molecule has 17 nitrogen and oxygen atoms in total. The van der Waals surface area contributed by atoms with E-state index in [2.05, 4.69) is 5.16 Å². The van der Waals surface area contributed by atoms with Gasteiger partial charge in [0.25, 0.3) is 0 Å². The highest BCUT2D eigenvalue weighted by atomic mass is 16.7. The Labute approximate surface area is 345 Å². The SMILES string of the molecule is CCC1OC(=O)C(C)[C@@H](O[C@H]2C[C@@](C)(OC)C(O)C(C)O2)C(C)[C@@H](O[C@@H]2OC(C)CC(N(C)C)C2O)[C@](C)(O)CC(C)/C(=N\OCOCCOC)[C@H](C)C(O)[C@]1(C)O. The quantitative estimate of drug-likeness (QED) is 0.0778. The molecule has 58 heavy (non-hydrogen) atoms. The van der Waals surface area contributed by atoms with Gasteiger partial charge < -0.3 is 73.2 Å². The lowest BCUT2D eigenvalue weighted by molar-refractivity contribution is -0.317. The molecule has 3 aliphatic heterocycles. The van der Waals surface area contributed by atoms with Crippen LogP contribution in [-0.2, 0) is 47.5 Å². The molecule has 0 bridgehead atoms. The molecule has 0 radical (unpaired) electrons. The number of carbonyl (C=O) groups excluding carboxylic acids is 1. The molecular formula is C41H76N2O15. The summed E-state index contributed by atoms with van der Waals surface area (Å²) < 4.78 is 48.1. The molecule has 0 saturated carbocycles. The number of ether oxygens (including phenoxy) is 8. The van der Waals surface area contributed by atoms with Gasteiger partial charge in [-0.05, 0) is 74.9 Å². The summed E-state index contributed by atoms with van der Waals surface area (Å²) in [6.07, 6.45) is -9.49. The smallest absolute Gasteiger partial charge is 0.311 e. The van der Waals surface area contributed by atoms with Crippen molar-refractivity contribution >= 4 is 11.7 Å². The first kappa shape index (κ1) is 50.8. The van der Waals surface area contributed by atoms with Crippen LogP contribution in [0.25, 0.3) is 0 Å². The maximum atomic E-state index is 14.3. The highest BCUT2D eigenvalue weighted by Gasteiger charge is 2.53. The zero-order chi connectivity index (χ0) is 43.9. The van der Waals surface area contributed by atoms with Gasteiger partial charge in [0.15, 0.2) is 12.6 Å². The summed E-state index contributed by atoms with van der Waals surface area (Å²) in [6.45, 7) is 17.3. The molecule has 0 aromatic rings. The van der Waals surface area contributed by atoms with Crippen LogP contribution in [0, 0.1) is 23.7 Å². The maximum absolute atomic E-state index is 14.3. The van der Waals surface area contributed by atoms with Crippen molar-refractivity contribution in [3.63, 3.8) is 0 Å². The second-order valence-electron chi connectivity index (χ2n) is 17.7. The Kier molecular flexibility index (Phi) is 18.8. The van der Waals surface area contributed by atoms with Gasteiger partial charge in [-0.1, -0.05) is 32.9 Å². The number of hydrogen-bond donors (Lipinski definition) is 5. The molecule has 0 amide bonds. The molecule has 3 heterocycles. The van der Waals surface area contributed by atoms with Gasteiger partial charge >= 0.3 is 5.97 Å². The number of hydrogen-bond acceptors (Lipinski definition) is 17. The van der Waals surface area contributed by atoms with Gasteiger partial charge in [-0.3, -0.25) is 4.79 Å². The third kappa shape index (κ3) is 12.1. The van der Waals surface area contributed by atoms with E-state index in [-0.39, 0.29) is 44.8 Å². The molecule has 0 aromatic heterocycles. The minimum absolute atomic E-state index is 0.0307. The maximum Gasteiger partial charge on any atom is 0.311 e. The van der Waals surface area contributed by atoms with E-state index in [4.69, 9.17) is 42.7 Å². The highest BCUT2D eigenvalue weighted by molar-refractivity contribution is 5.88. The molecule has 0 aromatic carbocycles. The summed E-state index contributed by atoms with van der Waals surface area (Å²) >= 11 is 0.